The first-order valence-electron chi connectivity index (χ1n) is 4.92. The largest absolute Gasteiger partial charge is 0.0648 e. The Hall–Kier alpha value is 0. The lowest BCUT2D eigenvalue weighted by Gasteiger charge is -2.50. The summed E-state index contributed by atoms with van der Waals surface area (Å²) in [7, 11) is 0. The van der Waals surface area contributed by atoms with Crippen LogP contribution in [0.5, 0.6) is 0 Å². The van der Waals surface area contributed by atoms with Crippen molar-refractivity contribution in [2.75, 3.05) is 0 Å². The van der Waals surface area contributed by atoms with Gasteiger partial charge >= 0.3 is 0 Å². The van der Waals surface area contributed by atoms with Gasteiger partial charge in [-0.25, -0.2) is 0 Å². The Bertz CT molecular complexity index is 208. The number of rotatable bonds is 1. The van der Waals surface area contributed by atoms with E-state index in [1.54, 1.807) is 0 Å². The average molecular weight is 152 g/mol. The maximum absolute atomic E-state index is 2.49. The zero-order chi connectivity index (χ0) is 8.49. The highest BCUT2D eigenvalue weighted by Gasteiger charge is 2.83. The topological polar surface area (TPSA) is 0 Å². The van der Waals surface area contributed by atoms with E-state index in [1.165, 1.54) is 12.8 Å². The van der Waals surface area contributed by atoms with Crippen molar-refractivity contribution >= 4 is 0 Å². The van der Waals surface area contributed by atoms with Crippen LogP contribution in [-0.2, 0) is 0 Å². The van der Waals surface area contributed by atoms with Gasteiger partial charge < -0.3 is 0 Å². The minimum atomic E-state index is 0.668. The van der Waals surface area contributed by atoms with E-state index in [9.17, 15) is 0 Å². The number of fused-ring (bicyclic) bond motifs is 1. The molecule has 0 heterocycles. The van der Waals surface area contributed by atoms with Gasteiger partial charge in [-0.1, -0.05) is 41.0 Å². The van der Waals surface area contributed by atoms with Crippen LogP contribution in [0.1, 0.15) is 47.5 Å². The molecule has 0 amide bonds. The zero-order valence-corrected chi connectivity index (χ0v) is 8.49. The first kappa shape index (κ1) is 7.64. The molecular weight excluding hydrogens is 132 g/mol. The number of hydrogen-bond acceptors (Lipinski definition) is 0. The highest BCUT2D eigenvalue weighted by molar-refractivity contribution is 5.30. The van der Waals surface area contributed by atoms with Gasteiger partial charge in [0.15, 0.2) is 0 Å². The van der Waals surface area contributed by atoms with Crippen molar-refractivity contribution in [3.8, 4) is 0 Å². The van der Waals surface area contributed by atoms with Crippen molar-refractivity contribution < 1.29 is 0 Å². The van der Waals surface area contributed by atoms with Gasteiger partial charge in [0.05, 0.1) is 0 Å². The van der Waals surface area contributed by atoms with Crippen LogP contribution in [0, 0.1) is 22.2 Å². The summed E-state index contributed by atoms with van der Waals surface area (Å²) in [4.78, 5) is 0. The standard InChI is InChI=1S/C11H20/c1-6-9(3)7-10(4)8(2)11(9,10)5/h8H,6-7H2,1-5H3. The van der Waals surface area contributed by atoms with E-state index in [1.807, 2.05) is 0 Å². The summed E-state index contributed by atoms with van der Waals surface area (Å²) in [6, 6.07) is 0. The lowest BCUT2D eigenvalue weighted by Crippen LogP contribution is -2.42. The Kier molecular flexibility index (Phi) is 1.06. The molecule has 0 aromatic rings. The van der Waals surface area contributed by atoms with Crippen molar-refractivity contribution in [1.82, 2.24) is 0 Å². The van der Waals surface area contributed by atoms with Crippen molar-refractivity contribution in [3.05, 3.63) is 0 Å². The maximum Gasteiger partial charge on any atom is -0.0184 e. The minimum absolute atomic E-state index is 0.668. The molecule has 0 saturated heterocycles. The molecule has 4 atom stereocenters. The molecule has 2 fully saturated rings. The van der Waals surface area contributed by atoms with E-state index in [0.29, 0.717) is 10.8 Å². The third-order valence-corrected chi connectivity index (χ3v) is 5.72. The summed E-state index contributed by atoms with van der Waals surface area (Å²) in [5.74, 6) is 0.972. The highest BCUT2D eigenvalue weighted by atomic mass is 14.9. The van der Waals surface area contributed by atoms with Crippen LogP contribution in [0.25, 0.3) is 0 Å². The SMILES string of the molecule is CCC1(C)CC2(C)C(C)C12C. The Morgan fingerprint density at radius 3 is 1.91 bits per heavy atom. The summed E-state index contributed by atoms with van der Waals surface area (Å²) in [5.41, 5.74) is 2.08. The molecule has 2 aliphatic carbocycles. The normalized spacial score (nSPS) is 66.8. The molecule has 0 bridgehead atoms. The molecule has 0 spiro atoms. The number of hydrogen-bond donors (Lipinski definition) is 0. The van der Waals surface area contributed by atoms with Crippen molar-refractivity contribution in [3.63, 3.8) is 0 Å². The van der Waals surface area contributed by atoms with Crippen molar-refractivity contribution in [1.29, 1.82) is 0 Å². The van der Waals surface area contributed by atoms with Crippen molar-refractivity contribution in [2.24, 2.45) is 22.2 Å². The predicted octanol–water partition coefficient (Wildman–Crippen LogP) is 3.47. The molecule has 0 aromatic heterocycles. The van der Waals surface area contributed by atoms with Crippen LogP contribution in [0.3, 0.4) is 0 Å². The van der Waals surface area contributed by atoms with E-state index in [4.69, 9.17) is 0 Å². The van der Waals surface area contributed by atoms with Gasteiger partial charge in [-0.3, -0.25) is 0 Å². The summed E-state index contributed by atoms with van der Waals surface area (Å²) >= 11 is 0. The molecule has 64 valence electrons. The van der Waals surface area contributed by atoms with Crippen LogP contribution < -0.4 is 0 Å². The third-order valence-electron chi connectivity index (χ3n) is 5.72. The molecule has 2 aliphatic rings. The van der Waals surface area contributed by atoms with Crippen LogP contribution in [0.4, 0.5) is 0 Å². The summed E-state index contributed by atoms with van der Waals surface area (Å²) < 4.78 is 0. The van der Waals surface area contributed by atoms with Gasteiger partial charge in [0.2, 0.25) is 0 Å². The Balaban J connectivity index is 2.28. The van der Waals surface area contributed by atoms with Gasteiger partial charge in [-0.15, -0.1) is 0 Å². The smallest absolute Gasteiger partial charge is 0.0184 e. The predicted molar refractivity (Wildman–Crippen MR) is 48.4 cm³/mol. The zero-order valence-electron chi connectivity index (χ0n) is 8.49. The van der Waals surface area contributed by atoms with E-state index >= 15 is 0 Å². The Labute approximate surface area is 70.4 Å². The van der Waals surface area contributed by atoms with Crippen molar-refractivity contribution in [2.45, 2.75) is 47.5 Å². The summed E-state index contributed by atoms with van der Waals surface area (Å²) in [5, 5.41) is 0. The van der Waals surface area contributed by atoms with Gasteiger partial charge in [-0.2, -0.15) is 0 Å². The average Bonchev–Trinajstić information content (AvgIpc) is 2.32. The highest BCUT2D eigenvalue weighted by Crippen LogP contribution is 2.89. The van der Waals surface area contributed by atoms with Crippen LogP contribution in [0.15, 0.2) is 0 Å². The summed E-state index contributed by atoms with van der Waals surface area (Å²) in [6.45, 7) is 12.2. The summed E-state index contributed by atoms with van der Waals surface area (Å²) in [6.07, 6.45) is 2.83. The van der Waals surface area contributed by atoms with Gasteiger partial charge in [0.1, 0.15) is 0 Å². The maximum atomic E-state index is 2.49. The lowest BCUT2D eigenvalue weighted by molar-refractivity contribution is -0.00877. The second kappa shape index (κ2) is 1.53. The fourth-order valence-corrected chi connectivity index (χ4v) is 4.08. The molecule has 11 heavy (non-hydrogen) atoms. The molecule has 0 aromatic carbocycles. The molecule has 0 heteroatoms. The molecule has 4 unspecified atom stereocenters. The first-order chi connectivity index (χ1) is 4.92. The van der Waals surface area contributed by atoms with E-state index in [0.717, 1.165) is 11.3 Å². The van der Waals surface area contributed by atoms with Gasteiger partial charge in [0, 0.05) is 0 Å². The Morgan fingerprint density at radius 1 is 1.27 bits per heavy atom. The molecule has 0 nitrogen and oxygen atoms in total. The molecule has 0 N–H and O–H groups in total. The van der Waals surface area contributed by atoms with Crippen LogP contribution >= 0.6 is 0 Å². The quantitative estimate of drug-likeness (QED) is 0.539. The molecule has 2 saturated carbocycles. The molecule has 2 rings (SSSR count). The monoisotopic (exact) mass is 152 g/mol. The second-order valence-corrected chi connectivity index (χ2v) is 5.43. The van der Waals surface area contributed by atoms with Crippen LogP contribution in [0.2, 0.25) is 0 Å². The van der Waals surface area contributed by atoms with Gasteiger partial charge in [-0.05, 0) is 28.6 Å². The molecule has 0 radical (unpaired) electrons. The first-order valence-corrected chi connectivity index (χ1v) is 4.92. The van der Waals surface area contributed by atoms with E-state index in [2.05, 4.69) is 34.6 Å². The van der Waals surface area contributed by atoms with Gasteiger partial charge in [0.25, 0.3) is 0 Å². The van der Waals surface area contributed by atoms with Crippen LogP contribution in [-0.4, -0.2) is 0 Å². The molecule has 0 aliphatic heterocycles. The fraction of sp³-hybridized carbons (Fsp3) is 1.00. The van der Waals surface area contributed by atoms with E-state index < -0.39 is 0 Å². The Morgan fingerprint density at radius 2 is 1.82 bits per heavy atom. The van der Waals surface area contributed by atoms with E-state index in [-0.39, 0.29) is 0 Å². The fourth-order valence-electron chi connectivity index (χ4n) is 4.08. The third kappa shape index (κ3) is 0.467. The minimum Gasteiger partial charge on any atom is -0.0648 e. The second-order valence-electron chi connectivity index (χ2n) is 5.43. The lowest BCUT2D eigenvalue weighted by atomic mass is 9.55. The molecular formula is C11H20.